The highest BCUT2D eigenvalue weighted by atomic mass is 16.2. The molecule has 2 aromatic heterocycles. The zero-order valence-electron chi connectivity index (χ0n) is 17.8. The van der Waals surface area contributed by atoms with Gasteiger partial charge >= 0.3 is 5.69 Å². The first-order valence-electron chi connectivity index (χ1n) is 10.3. The van der Waals surface area contributed by atoms with Crippen LogP contribution in [0.2, 0.25) is 0 Å². The lowest BCUT2D eigenvalue weighted by atomic mass is 10.2. The highest BCUT2D eigenvalue weighted by molar-refractivity contribution is 5.75. The van der Waals surface area contributed by atoms with Gasteiger partial charge in [0, 0.05) is 38.1 Å². The molecule has 2 heterocycles. The van der Waals surface area contributed by atoms with Crippen LogP contribution in [0.4, 0.5) is 5.82 Å². The molecule has 31 heavy (non-hydrogen) atoms. The van der Waals surface area contributed by atoms with E-state index in [-0.39, 0.29) is 13.1 Å². The number of nitrogens with one attached hydrogen (secondary N) is 1. The monoisotopic (exact) mass is 421 g/mol. The third-order valence-corrected chi connectivity index (χ3v) is 5.02. The molecule has 1 N–H and O–H groups in total. The predicted octanol–water partition coefficient (Wildman–Crippen LogP) is 1.62. The highest BCUT2D eigenvalue weighted by Gasteiger charge is 2.11. The Morgan fingerprint density at radius 2 is 1.74 bits per heavy atom. The Labute approximate surface area is 180 Å². The summed E-state index contributed by atoms with van der Waals surface area (Å²) in [6, 6.07) is 14.6. The topological polar surface area (TPSA) is 89.2 Å². The average Bonchev–Trinajstić information content (AvgIpc) is 2.79. The Balaban J connectivity index is 1.64. The first-order valence-corrected chi connectivity index (χ1v) is 10.3. The molecule has 0 spiro atoms. The van der Waals surface area contributed by atoms with E-state index in [1.807, 2.05) is 42.5 Å². The molecular formula is C23H27N5O3. The molecule has 0 saturated heterocycles. The molecule has 162 valence electrons. The number of rotatable bonds is 9. The number of hydrogen-bond donors (Lipinski definition) is 1. The standard InChI is InChI=1S/C23H27N5O3/c1-3-26(4-2)20-11-10-19(14-24-20)15-25-21(29)17-28-22(30)12-13-27(23(28)31)16-18-8-6-5-7-9-18/h5-14H,3-4,15-17H2,1-2H3,(H,25,29). The number of benzene rings is 1. The Hall–Kier alpha value is -3.68. The van der Waals surface area contributed by atoms with Crippen molar-refractivity contribution < 1.29 is 4.79 Å². The van der Waals surface area contributed by atoms with Crippen molar-refractivity contribution in [2.45, 2.75) is 33.5 Å². The molecule has 8 heteroatoms. The second kappa shape index (κ2) is 10.4. The molecule has 0 radical (unpaired) electrons. The predicted molar refractivity (Wildman–Crippen MR) is 120 cm³/mol. The lowest BCUT2D eigenvalue weighted by Crippen LogP contribution is -2.43. The van der Waals surface area contributed by atoms with Crippen LogP contribution in [0.3, 0.4) is 0 Å². The van der Waals surface area contributed by atoms with Crippen molar-refractivity contribution in [2.75, 3.05) is 18.0 Å². The smallest absolute Gasteiger partial charge is 0.331 e. The number of carbonyl (C=O) groups is 1. The molecule has 0 bridgehead atoms. The van der Waals surface area contributed by atoms with Crippen molar-refractivity contribution in [1.82, 2.24) is 19.4 Å². The van der Waals surface area contributed by atoms with Crippen molar-refractivity contribution in [3.63, 3.8) is 0 Å². The molecule has 1 aromatic carbocycles. The van der Waals surface area contributed by atoms with Gasteiger partial charge in [0.1, 0.15) is 12.4 Å². The van der Waals surface area contributed by atoms with Gasteiger partial charge in [-0.1, -0.05) is 36.4 Å². The van der Waals surface area contributed by atoms with E-state index in [9.17, 15) is 14.4 Å². The quantitative estimate of drug-likeness (QED) is 0.567. The SMILES string of the molecule is CCN(CC)c1ccc(CNC(=O)Cn2c(=O)ccn(Cc3ccccc3)c2=O)cn1. The van der Waals surface area contributed by atoms with Crippen LogP contribution in [0.5, 0.6) is 0 Å². The molecule has 0 unspecified atom stereocenters. The zero-order valence-corrected chi connectivity index (χ0v) is 17.8. The minimum atomic E-state index is -0.517. The van der Waals surface area contributed by atoms with E-state index in [0.717, 1.165) is 34.6 Å². The number of aromatic nitrogens is 3. The Bertz CT molecular complexity index is 1120. The van der Waals surface area contributed by atoms with E-state index in [0.29, 0.717) is 6.54 Å². The lowest BCUT2D eigenvalue weighted by Gasteiger charge is -2.19. The van der Waals surface area contributed by atoms with Crippen LogP contribution in [0.1, 0.15) is 25.0 Å². The average molecular weight is 422 g/mol. The third-order valence-electron chi connectivity index (χ3n) is 5.02. The van der Waals surface area contributed by atoms with E-state index >= 15 is 0 Å². The van der Waals surface area contributed by atoms with E-state index in [2.05, 4.69) is 29.0 Å². The van der Waals surface area contributed by atoms with Gasteiger partial charge in [0.05, 0.1) is 6.54 Å². The van der Waals surface area contributed by atoms with Gasteiger partial charge in [-0.25, -0.2) is 9.78 Å². The van der Waals surface area contributed by atoms with Crippen LogP contribution in [-0.2, 0) is 24.4 Å². The second-order valence-corrected chi connectivity index (χ2v) is 7.11. The van der Waals surface area contributed by atoms with Gasteiger partial charge in [-0.15, -0.1) is 0 Å². The van der Waals surface area contributed by atoms with Crippen molar-refractivity contribution >= 4 is 11.7 Å². The fourth-order valence-electron chi connectivity index (χ4n) is 3.26. The fraction of sp³-hybridized carbons (Fsp3) is 0.304. The Kier molecular flexibility index (Phi) is 7.37. The summed E-state index contributed by atoms with van der Waals surface area (Å²) < 4.78 is 2.36. The van der Waals surface area contributed by atoms with Gasteiger partial charge in [0.15, 0.2) is 0 Å². The molecule has 3 aromatic rings. The number of amides is 1. The normalized spacial score (nSPS) is 10.6. The fourth-order valence-corrected chi connectivity index (χ4v) is 3.26. The molecule has 1 amide bonds. The molecule has 0 saturated carbocycles. The maximum Gasteiger partial charge on any atom is 0.331 e. The number of hydrogen-bond acceptors (Lipinski definition) is 5. The molecule has 0 fully saturated rings. The summed E-state index contributed by atoms with van der Waals surface area (Å²) in [5, 5.41) is 2.75. The van der Waals surface area contributed by atoms with Gasteiger partial charge in [-0.2, -0.15) is 0 Å². The Morgan fingerprint density at radius 1 is 1.00 bits per heavy atom. The zero-order chi connectivity index (χ0) is 22.2. The summed E-state index contributed by atoms with van der Waals surface area (Å²) in [5.41, 5.74) is 0.748. The van der Waals surface area contributed by atoms with Crippen LogP contribution in [-0.4, -0.2) is 33.1 Å². The van der Waals surface area contributed by atoms with Crippen LogP contribution in [0, 0.1) is 0 Å². The summed E-state index contributed by atoms with van der Waals surface area (Å²) in [6.45, 7) is 6.13. The van der Waals surface area contributed by atoms with E-state index < -0.39 is 17.2 Å². The van der Waals surface area contributed by atoms with Crippen LogP contribution in [0.25, 0.3) is 0 Å². The maximum atomic E-state index is 12.7. The van der Waals surface area contributed by atoms with Crippen LogP contribution < -0.4 is 21.5 Å². The molecule has 0 aliphatic heterocycles. The van der Waals surface area contributed by atoms with Crippen molar-refractivity contribution in [3.8, 4) is 0 Å². The first kappa shape index (κ1) is 22.0. The van der Waals surface area contributed by atoms with Crippen LogP contribution in [0.15, 0.2) is 70.5 Å². The number of nitrogens with zero attached hydrogens (tertiary/aromatic N) is 4. The van der Waals surface area contributed by atoms with Crippen molar-refractivity contribution in [2.24, 2.45) is 0 Å². The summed E-state index contributed by atoms with van der Waals surface area (Å²) in [5.74, 6) is 0.472. The van der Waals surface area contributed by atoms with Gasteiger partial charge in [0.25, 0.3) is 5.56 Å². The van der Waals surface area contributed by atoms with E-state index in [4.69, 9.17) is 0 Å². The van der Waals surface area contributed by atoms with Gasteiger partial charge in [-0.3, -0.25) is 18.7 Å². The van der Waals surface area contributed by atoms with E-state index in [1.165, 1.54) is 16.8 Å². The van der Waals surface area contributed by atoms with Crippen LogP contribution >= 0.6 is 0 Å². The lowest BCUT2D eigenvalue weighted by molar-refractivity contribution is -0.121. The molecule has 8 nitrogen and oxygen atoms in total. The number of carbonyl (C=O) groups excluding carboxylic acids is 1. The molecular weight excluding hydrogens is 394 g/mol. The summed E-state index contributed by atoms with van der Waals surface area (Å²) >= 11 is 0. The van der Waals surface area contributed by atoms with Crippen molar-refractivity contribution in [1.29, 1.82) is 0 Å². The van der Waals surface area contributed by atoms with Crippen molar-refractivity contribution in [3.05, 3.63) is 92.9 Å². The van der Waals surface area contributed by atoms with E-state index in [1.54, 1.807) is 6.20 Å². The molecule has 0 aliphatic rings. The molecule has 0 aliphatic carbocycles. The Morgan fingerprint density at radius 3 is 2.39 bits per heavy atom. The molecule has 0 atom stereocenters. The summed E-state index contributed by atoms with van der Waals surface area (Å²) in [7, 11) is 0. The number of pyridine rings is 1. The van der Waals surface area contributed by atoms with Gasteiger partial charge in [-0.05, 0) is 31.0 Å². The second-order valence-electron chi connectivity index (χ2n) is 7.11. The minimum Gasteiger partial charge on any atom is -0.357 e. The largest absolute Gasteiger partial charge is 0.357 e. The van der Waals surface area contributed by atoms with Gasteiger partial charge in [0.2, 0.25) is 5.91 Å². The first-order chi connectivity index (χ1) is 15.0. The minimum absolute atomic E-state index is 0.268. The summed E-state index contributed by atoms with van der Waals surface area (Å²) in [4.78, 5) is 43.8. The van der Waals surface area contributed by atoms with Gasteiger partial charge < -0.3 is 10.2 Å². The maximum absolute atomic E-state index is 12.7. The third kappa shape index (κ3) is 5.69. The highest BCUT2D eigenvalue weighted by Crippen LogP contribution is 2.10. The summed E-state index contributed by atoms with van der Waals surface area (Å²) in [6.07, 6.45) is 3.17. The number of anilines is 1. The molecule has 3 rings (SSSR count).